The summed E-state index contributed by atoms with van der Waals surface area (Å²) in [5, 5.41) is 0. The molecular weight excluding hydrogens is 949 g/mol. The molecule has 0 aliphatic heterocycles. The van der Waals surface area contributed by atoms with E-state index >= 15 is 0 Å². The van der Waals surface area contributed by atoms with E-state index < -0.39 is 27.1 Å². The topological polar surface area (TPSA) is 158 Å². The zero-order valence-electron chi connectivity index (χ0n) is 47.5. The van der Waals surface area contributed by atoms with Crippen molar-refractivity contribution in [1.82, 2.24) is 0 Å². The molecular formula is C63H80O12. The fourth-order valence-electron chi connectivity index (χ4n) is 6.26. The number of ether oxygens (including phenoxy) is 6. The van der Waals surface area contributed by atoms with Crippen LogP contribution < -0.4 is 28.4 Å². The van der Waals surface area contributed by atoms with E-state index in [-0.39, 0.29) is 35.4 Å². The van der Waals surface area contributed by atoms with E-state index in [2.05, 4.69) is 13.5 Å². The van der Waals surface area contributed by atoms with Crippen LogP contribution in [0.5, 0.6) is 34.5 Å². The molecule has 0 amide bonds. The van der Waals surface area contributed by atoms with Crippen molar-refractivity contribution in [1.29, 1.82) is 0 Å². The van der Waals surface area contributed by atoms with Crippen LogP contribution in [0.1, 0.15) is 174 Å². The standard InChI is InChI=1S/C32H40O6.C31H40O6/c1-11-32(9,10)24-19-22(26(36-12-2)20-27(24)38-29(35)31(6,7)8)15-18-25(33)21-13-16-23(17-14-21)37-28(34)30(3,4)5;1-9-11-22-19-23(26(35-18-10-2)20-27(22)37-29(34)31(6,7)8)14-17-25(32)21-12-15-24(16-13-21)36-28(33)30(3,4)5/h11,13-20H,1,12H2,2-10H3;12-17,19-20H,9-11,18H2,1-8H3/b18-15+;17-14+. The maximum Gasteiger partial charge on any atom is 0.316 e. The summed E-state index contributed by atoms with van der Waals surface area (Å²) in [6, 6.07) is 20.1. The molecule has 0 aliphatic carbocycles. The first-order valence-corrected chi connectivity index (χ1v) is 25.5. The van der Waals surface area contributed by atoms with Gasteiger partial charge in [0.25, 0.3) is 0 Å². The van der Waals surface area contributed by atoms with Gasteiger partial charge in [0.1, 0.15) is 34.5 Å². The summed E-state index contributed by atoms with van der Waals surface area (Å²) in [7, 11) is 0. The number of hydrogen-bond acceptors (Lipinski definition) is 12. The van der Waals surface area contributed by atoms with E-state index in [4.69, 9.17) is 28.4 Å². The van der Waals surface area contributed by atoms with Crippen LogP contribution in [-0.4, -0.2) is 48.7 Å². The van der Waals surface area contributed by atoms with E-state index in [1.165, 1.54) is 12.2 Å². The van der Waals surface area contributed by atoms with E-state index in [0.29, 0.717) is 70.8 Å². The van der Waals surface area contributed by atoms with E-state index in [1.54, 1.807) is 141 Å². The van der Waals surface area contributed by atoms with Crippen molar-refractivity contribution in [2.24, 2.45) is 21.7 Å². The van der Waals surface area contributed by atoms with Crippen LogP contribution in [0.15, 0.2) is 97.6 Å². The Bertz CT molecular complexity index is 2720. The average molecular weight is 1030 g/mol. The Morgan fingerprint density at radius 3 is 1.24 bits per heavy atom. The van der Waals surface area contributed by atoms with Crippen LogP contribution >= 0.6 is 0 Å². The molecule has 404 valence electrons. The molecule has 0 bridgehead atoms. The molecule has 0 saturated carbocycles. The van der Waals surface area contributed by atoms with Gasteiger partial charge in [-0.1, -0.05) is 40.2 Å². The highest BCUT2D eigenvalue weighted by molar-refractivity contribution is 6.07. The van der Waals surface area contributed by atoms with Crippen molar-refractivity contribution >= 4 is 47.6 Å². The number of benzene rings is 4. The first-order chi connectivity index (χ1) is 34.7. The number of aryl methyl sites for hydroxylation is 1. The molecule has 4 aromatic rings. The van der Waals surface area contributed by atoms with E-state index in [1.807, 2.05) is 60.6 Å². The fourth-order valence-corrected chi connectivity index (χ4v) is 6.26. The number of ketones is 2. The summed E-state index contributed by atoms with van der Waals surface area (Å²) in [5.74, 6) is 0.871. The Morgan fingerprint density at radius 1 is 0.467 bits per heavy atom. The van der Waals surface area contributed by atoms with Crippen LogP contribution in [0, 0.1) is 21.7 Å². The maximum atomic E-state index is 12.9. The molecule has 4 rings (SSSR count). The molecule has 4 aromatic carbocycles. The molecule has 0 radical (unpaired) electrons. The van der Waals surface area contributed by atoms with Gasteiger partial charge in [-0.2, -0.15) is 0 Å². The van der Waals surface area contributed by atoms with Crippen LogP contribution in [0.25, 0.3) is 12.2 Å². The molecule has 0 aromatic heterocycles. The second-order valence-corrected chi connectivity index (χ2v) is 22.8. The van der Waals surface area contributed by atoms with Gasteiger partial charge in [-0.15, -0.1) is 6.58 Å². The summed E-state index contributed by atoms with van der Waals surface area (Å²) < 4.78 is 34.1. The zero-order chi connectivity index (χ0) is 56.7. The molecule has 0 atom stereocenters. The van der Waals surface area contributed by atoms with Crippen molar-refractivity contribution < 1.29 is 57.2 Å². The van der Waals surface area contributed by atoms with Gasteiger partial charge in [0.15, 0.2) is 11.6 Å². The third-order valence-electron chi connectivity index (χ3n) is 11.2. The van der Waals surface area contributed by atoms with Gasteiger partial charge in [0.05, 0.1) is 34.9 Å². The average Bonchev–Trinajstić information content (AvgIpc) is 3.32. The lowest BCUT2D eigenvalue weighted by molar-refractivity contribution is -0.143. The van der Waals surface area contributed by atoms with E-state index in [0.717, 1.165) is 29.5 Å². The van der Waals surface area contributed by atoms with Crippen molar-refractivity contribution in [3.8, 4) is 34.5 Å². The quantitative estimate of drug-likeness (QED) is 0.0288. The lowest BCUT2D eigenvalue weighted by atomic mass is 9.83. The summed E-state index contributed by atoms with van der Waals surface area (Å²) in [5.41, 5.74) is 0.822. The third-order valence-corrected chi connectivity index (χ3v) is 11.2. The maximum absolute atomic E-state index is 12.9. The summed E-state index contributed by atoms with van der Waals surface area (Å²) in [6.07, 6.45) is 10.5. The first kappa shape index (κ1) is 62.2. The second kappa shape index (κ2) is 26.4. The predicted molar refractivity (Wildman–Crippen MR) is 297 cm³/mol. The minimum atomic E-state index is -0.688. The minimum absolute atomic E-state index is 0.199. The van der Waals surface area contributed by atoms with Gasteiger partial charge in [-0.05, 0) is 193 Å². The van der Waals surface area contributed by atoms with Crippen molar-refractivity contribution in [2.45, 2.75) is 142 Å². The highest BCUT2D eigenvalue weighted by Gasteiger charge is 2.30. The van der Waals surface area contributed by atoms with Gasteiger partial charge in [-0.25, -0.2) is 0 Å². The number of allylic oxidation sites excluding steroid dienone is 3. The normalized spacial score (nSPS) is 12.1. The Hall–Kier alpha value is -7.08. The smallest absolute Gasteiger partial charge is 0.316 e. The summed E-state index contributed by atoms with van der Waals surface area (Å²) in [4.78, 5) is 75.2. The number of carbonyl (C=O) groups is 6. The lowest BCUT2D eigenvalue weighted by Crippen LogP contribution is -2.27. The molecule has 0 fully saturated rings. The van der Waals surface area contributed by atoms with Gasteiger partial charge in [-0.3, -0.25) is 28.8 Å². The van der Waals surface area contributed by atoms with Crippen molar-refractivity contribution in [3.05, 3.63) is 131 Å². The van der Waals surface area contributed by atoms with Gasteiger partial charge in [0.2, 0.25) is 0 Å². The van der Waals surface area contributed by atoms with Crippen LogP contribution in [0.2, 0.25) is 0 Å². The molecule has 0 spiro atoms. The van der Waals surface area contributed by atoms with Crippen LogP contribution in [0.4, 0.5) is 0 Å². The molecule has 12 heteroatoms. The lowest BCUT2D eigenvalue weighted by Gasteiger charge is -2.26. The van der Waals surface area contributed by atoms with Crippen LogP contribution in [0.3, 0.4) is 0 Å². The predicted octanol–water partition coefficient (Wildman–Crippen LogP) is 14.6. The molecule has 0 unspecified atom stereocenters. The first-order valence-electron chi connectivity index (χ1n) is 25.5. The van der Waals surface area contributed by atoms with Crippen molar-refractivity contribution in [2.75, 3.05) is 13.2 Å². The monoisotopic (exact) mass is 1030 g/mol. The number of esters is 4. The molecule has 75 heavy (non-hydrogen) atoms. The zero-order valence-corrected chi connectivity index (χ0v) is 47.5. The largest absolute Gasteiger partial charge is 0.493 e. The van der Waals surface area contributed by atoms with Crippen LogP contribution in [-0.2, 0) is 31.0 Å². The number of carbonyl (C=O) groups excluding carboxylic acids is 6. The third kappa shape index (κ3) is 19.0. The SMILES string of the molecule is C=CC(C)(C)c1cc(/C=C/C(=O)c2ccc(OC(=O)C(C)(C)C)cc2)c(OCC)cc1OC(=O)C(C)(C)C.CCCOc1cc(OC(=O)C(C)(C)C)c(CCC)cc1/C=C/C(=O)c1ccc(OC(=O)C(C)(C)C)cc1. The molecule has 0 N–H and O–H groups in total. The van der Waals surface area contributed by atoms with E-state index in [9.17, 15) is 28.8 Å². The second-order valence-electron chi connectivity index (χ2n) is 22.8. The highest BCUT2D eigenvalue weighted by Crippen LogP contribution is 2.40. The van der Waals surface area contributed by atoms with Crippen molar-refractivity contribution in [3.63, 3.8) is 0 Å². The Morgan fingerprint density at radius 2 is 0.853 bits per heavy atom. The van der Waals surface area contributed by atoms with Gasteiger partial charge < -0.3 is 28.4 Å². The molecule has 0 aliphatic rings. The highest BCUT2D eigenvalue weighted by atomic mass is 16.6. The Balaban J connectivity index is 0.000000395. The summed E-state index contributed by atoms with van der Waals surface area (Å²) >= 11 is 0. The molecule has 0 heterocycles. The Labute approximate surface area is 445 Å². The van der Waals surface area contributed by atoms with Gasteiger partial charge >= 0.3 is 23.9 Å². The molecule has 0 saturated heterocycles. The van der Waals surface area contributed by atoms with Gasteiger partial charge in [0, 0.05) is 45.4 Å². The minimum Gasteiger partial charge on any atom is -0.493 e. The summed E-state index contributed by atoms with van der Waals surface area (Å²) in [6.45, 7) is 36.2. The Kier molecular flexibility index (Phi) is 21.9. The molecule has 12 nitrogen and oxygen atoms in total. The number of hydrogen-bond donors (Lipinski definition) is 0. The fraction of sp³-hybridized carbons (Fsp3) is 0.429. The number of rotatable bonds is 19.